The largest absolute Gasteiger partial charge is 0.354 e. The molecule has 0 aliphatic heterocycles. The van der Waals surface area contributed by atoms with Gasteiger partial charge in [-0.25, -0.2) is 0 Å². The van der Waals surface area contributed by atoms with Crippen molar-refractivity contribution in [2.24, 2.45) is 13.0 Å². The van der Waals surface area contributed by atoms with Crippen LogP contribution in [0.15, 0.2) is 35.4 Å². The highest BCUT2D eigenvalue weighted by Gasteiger charge is 2.35. The Hall–Kier alpha value is -2.43. The average Bonchev–Trinajstić information content (AvgIpc) is 3.34. The molecule has 1 aliphatic carbocycles. The summed E-state index contributed by atoms with van der Waals surface area (Å²) in [7, 11) is 1.83. The molecule has 2 aromatic rings. The average molecular weight is 311 g/mol. The van der Waals surface area contributed by atoms with Crippen molar-refractivity contribution in [1.82, 2.24) is 14.9 Å². The molecule has 1 N–H and O–H groups in total. The first kappa shape index (κ1) is 15.5. The molecular weight excluding hydrogens is 290 g/mol. The summed E-state index contributed by atoms with van der Waals surface area (Å²) < 4.78 is 1.79. The Bertz CT molecular complexity index is 806. The van der Waals surface area contributed by atoms with E-state index in [1.807, 2.05) is 33.0 Å². The highest BCUT2D eigenvalue weighted by atomic mass is 16.2. The minimum atomic E-state index is -0.326. The maximum absolute atomic E-state index is 12.6. The lowest BCUT2D eigenvalue weighted by atomic mass is 10.0. The van der Waals surface area contributed by atoms with E-state index in [0.717, 1.165) is 29.8 Å². The van der Waals surface area contributed by atoms with Gasteiger partial charge in [-0.15, -0.1) is 0 Å². The van der Waals surface area contributed by atoms with Crippen LogP contribution in [0.5, 0.6) is 0 Å². The van der Waals surface area contributed by atoms with Gasteiger partial charge >= 0.3 is 0 Å². The molecule has 23 heavy (non-hydrogen) atoms. The van der Waals surface area contributed by atoms with E-state index in [2.05, 4.69) is 10.3 Å². The highest BCUT2D eigenvalue weighted by Crippen LogP contribution is 2.41. The number of pyridine rings is 2. The zero-order valence-corrected chi connectivity index (χ0v) is 13.7. The van der Waals surface area contributed by atoms with E-state index >= 15 is 0 Å². The number of hydrogen-bond acceptors (Lipinski definition) is 3. The van der Waals surface area contributed by atoms with Gasteiger partial charge in [-0.3, -0.25) is 14.6 Å². The Morgan fingerprint density at radius 2 is 2.13 bits per heavy atom. The van der Waals surface area contributed by atoms with Crippen LogP contribution in [-0.4, -0.2) is 15.5 Å². The molecule has 3 rings (SSSR count). The van der Waals surface area contributed by atoms with Gasteiger partial charge in [0.1, 0.15) is 5.56 Å². The lowest BCUT2D eigenvalue weighted by Gasteiger charge is -2.19. The maximum atomic E-state index is 12.6. The molecule has 1 saturated carbocycles. The molecule has 1 aliphatic rings. The van der Waals surface area contributed by atoms with Crippen molar-refractivity contribution in [2.75, 3.05) is 0 Å². The Morgan fingerprint density at radius 3 is 2.78 bits per heavy atom. The van der Waals surface area contributed by atoms with Crippen LogP contribution in [0.2, 0.25) is 0 Å². The second kappa shape index (κ2) is 5.99. The number of amides is 1. The Kier molecular flexibility index (Phi) is 4.03. The molecule has 2 heterocycles. The minimum Gasteiger partial charge on any atom is -0.354 e. The van der Waals surface area contributed by atoms with Gasteiger partial charge in [0.15, 0.2) is 5.43 Å². The summed E-state index contributed by atoms with van der Waals surface area (Å²) >= 11 is 0. The zero-order valence-electron chi connectivity index (χ0n) is 13.7. The predicted octanol–water partition coefficient (Wildman–Crippen LogP) is 2.28. The molecule has 5 nitrogen and oxygen atoms in total. The summed E-state index contributed by atoms with van der Waals surface area (Å²) in [6, 6.07) is 5.25. The molecule has 0 saturated heterocycles. The van der Waals surface area contributed by atoms with Gasteiger partial charge in [0.2, 0.25) is 0 Å². The van der Waals surface area contributed by atoms with Gasteiger partial charge in [0.25, 0.3) is 5.91 Å². The van der Waals surface area contributed by atoms with E-state index in [0.29, 0.717) is 5.92 Å². The number of nitrogens with one attached hydrogen (secondary N) is 1. The number of rotatable bonds is 4. The maximum Gasteiger partial charge on any atom is 0.257 e. The SMILES string of the molecule is Cc1cccnc1C(NC(=O)c1cn(C)c(C)cc1=O)C1CC1. The van der Waals surface area contributed by atoms with Crippen molar-refractivity contribution in [3.8, 4) is 0 Å². The summed E-state index contributed by atoms with van der Waals surface area (Å²) in [5.74, 6) is 0.0782. The van der Waals surface area contributed by atoms with Crippen molar-refractivity contribution in [2.45, 2.75) is 32.7 Å². The first-order valence-corrected chi connectivity index (χ1v) is 7.87. The first-order chi connectivity index (χ1) is 11.0. The standard InChI is InChI=1S/C18H21N3O2/c1-11-5-4-8-19-16(11)17(13-6-7-13)20-18(23)14-10-21(3)12(2)9-15(14)22/h4-5,8-10,13,17H,6-7H2,1-3H3,(H,20,23). The van der Waals surface area contributed by atoms with Gasteiger partial charge in [-0.2, -0.15) is 0 Å². The van der Waals surface area contributed by atoms with Crippen LogP contribution in [0.1, 0.15) is 46.2 Å². The van der Waals surface area contributed by atoms with Crippen molar-refractivity contribution >= 4 is 5.91 Å². The molecule has 0 spiro atoms. The second-order valence-corrected chi connectivity index (χ2v) is 6.30. The predicted molar refractivity (Wildman–Crippen MR) is 88.3 cm³/mol. The van der Waals surface area contributed by atoms with Gasteiger partial charge in [-0.05, 0) is 44.2 Å². The quantitative estimate of drug-likeness (QED) is 0.942. The molecule has 5 heteroatoms. The fraction of sp³-hybridized carbons (Fsp3) is 0.389. The van der Waals surface area contributed by atoms with Gasteiger partial charge in [-0.1, -0.05) is 6.07 Å². The van der Waals surface area contributed by atoms with Crippen LogP contribution >= 0.6 is 0 Å². The third kappa shape index (κ3) is 3.18. The molecule has 1 fully saturated rings. The monoisotopic (exact) mass is 311 g/mol. The number of nitrogens with zero attached hydrogens (tertiary/aromatic N) is 2. The normalized spacial score (nSPS) is 15.3. The van der Waals surface area contributed by atoms with Crippen molar-refractivity contribution in [3.63, 3.8) is 0 Å². The van der Waals surface area contributed by atoms with Gasteiger partial charge < -0.3 is 9.88 Å². The van der Waals surface area contributed by atoms with E-state index in [1.54, 1.807) is 17.0 Å². The summed E-state index contributed by atoms with van der Waals surface area (Å²) in [6.07, 6.45) is 5.50. The minimum absolute atomic E-state index is 0.130. The van der Waals surface area contributed by atoms with Crippen molar-refractivity contribution < 1.29 is 4.79 Å². The van der Waals surface area contributed by atoms with E-state index in [4.69, 9.17) is 0 Å². The second-order valence-electron chi connectivity index (χ2n) is 6.30. The summed E-state index contributed by atoms with van der Waals surface area (Å²) in [6.45, 7) is 3.84. The third-order valence-electron chi connectivity index (χ3n) is 4.45. The van der Waals surface area contributed by atoms with E-state index in [1.165, 1.54) is 6.07 Å². The Labute approximate surface area is 135 Å². The van der Waals surface area contributed by atoms with Crippen molar-refractivity contribution in [1.29, 1.82) is 0 Å². The molecule has 0 radical (unpaired) electrons. The number of carbonyl (C=O) groups is 1. The zero-order chi connectivity index (χ0) is 16.6. The van der Waals surface area contributed by atoms with Crippen molar-refractivity contribution in [3.05, 3.63) is 63.3 Å². The smallest absolute Gasteiger partial charge is 0.257 e. The summed E-state index contributed by atoms with van der Waals surface area (Å²) in [5, 5.41) is 3.03. The molecule has 1 unspecified atom stereocenters. The highest BCUT2D eigenvalue weighted by molar-refractivity contribution is 5.94. The Balaban J connectivity index is 1.90. The van der Waals surface area contributed by atoms with Crippen LogP contribution in [0.4, 0.5) is 0 Å². The third-order valence-corrected chi connectivity index (χ3v) is 4.45. The molecular formula is C18H21N3O2. The van der Waals surface area contributed by atoms with E-state index in [9.17, 15) is 9.59 Å². The number of aromatic nitrogens is 2. The fourth-order valence-corrected chi connectivity index (χ4v) is 2.78. The molecule has 2 aromatic heterocycles. The molecule has 0 bridgehead atoms. The van der Waals surface area contributed by atoms with Crippen LogP contribution in [0.3, 0.4) is 0 Å². The van der Waals surface area contributed by atoms with Gasteiger partial charge in [0, 0.05) is 31.2 Å². The topological polar surface area (TPSA) is 64.0 Å². The molecule has 120 valence electrons. The summed E-state index contributed by atoms with van der Waals surface area (Å²) in [5.41, 5.74) is 2.71. The van der Waals surface area contributed by atoms with E-state index < -0.39 is 0 Å². The number of carbonyl (C=O) groups excluding carboxylic acids is 1. The van der Waals surface area contributed by atoms with Crippen LogP contribution in [-0.2, 0) is 7.05 Å². The van der Waals surface area contributed by atoms with Crippen LogP contribution in [0.25, 0.3) is 0 Å². The number of aryl methyl sites for hydroxylation is 3. The lowest BCUT2D eigenvalue weighted by Crippen LogP contribution is -2.34. The molecule has 1 atom stereocenters. The van der Waals surface area contributed by atoms with Crippen LogP contribution in [0, 0.1) is 19.8 Å². The lowest BCUT2D eigenvalue weighted by molar-refractivity contribution is 0.0928. The van der Waals surface area contributed by atoms with Gasteiger partial charge in [0.05, 0.1) is 11.7 Å². The fourth-order valence-electron chi connectivity index (χ4n) is 2.78. The van der Waals surface area contributed by atoms with Crippen LogP contribution < -0.4 is 10.7 Å². The summed E-state index contributed by atoms with van der Waals surface area (Å²) in [4.78, 5) is 29.2. The molecule has 1 amide bonds. The first-order valence-electron chi connectivity index (χ1n) is 7.87. The number of hydrogen-bond donors (Lipinski definition) is 1. The molecule has 0 aromatic carbocycles. The Morgan fingerprint density at radius 1 is 1.39 bits per heavy atom. The van der Waals surface area contributed by atoms with E-state index in [-0.39, 0.29) is 22.9 Å².